The van der Waals surface area contributed by atoms with E-state index in [0.29, 0.717) is 17.9 Å². The van der Waals surface area contributed by atoms with Crippen molar-refractivity contribution in [1.29, 1.82) is 0 Å². The molecule has 1 saturated heterocycles. The second kappa shape index (κ2) is 8.18. The number of carbonyl (C=O) groups is 1. The molecule has 8 heteroatoms. The first-order valence-corrected chi connectivity index (χ1v) is 9.33. The first-order chi connectivity index (χ1) is 13.7. The van der Waals surface area contributed by atoms with E-state index >= 15 is 0 Å². The van der Waals surface area contributed by atoms with Crippen molar-refractivity contribution in [3.8, 4) is 11.4 Å². The molecule has 0 saturated carbocycles. The maximum Gasteiger partial charge on any atom is 0.252 e. The number of nitrogens with zero attached hydrogens (tertiary/aromatic N) is 5. The Bertz CT molecular complexity index is 933. The highest BCUT2D eigenvalue weighted by atomic mass is 16.1. The first-order valence-electron chi connectivity index (χ1n) is 9.33. The minimum absolute atomic E-state index is 0.153. The fourth-order valence-corrected chi connectivity index (χ4v) is 3.36. The van der Waals surface area contributed by atoms with Gasteiger partial charge in [-0.15, -0.1) is 0 Å². The Labute approximate surface area is 163 Å². The number of aromatic nitrogens is 4. The monoisotopic (exact) mass is 377 g/mol. The summed E-state index contributed by atoms with van der Waals surface area (Å²) in [7, 11) is 2.13. The van der Waals surface area contributed by atoms with E-state index in [1.54, 1.807) is 12.3 Å². The van der Waals surface area contributed by atoms with Gasteiger partial charge in [-0.1, -0.05) is 24.3 Å². The van der Waals surface area contributed by atoms with Crippen LogP contribution in [0.25, 0.3) is 11.4 Å². The fourth-order valence-electron chi connectivity index (χ4n) is 3.36. The Balaban J connectivity index is 1.50. The molecule has 1 fully saturated rings. The van der Waals surface area contributed by atoms with Crippen LogP contribution in [0.2, 0.25) is 0 Å². The van der Waals surface area contributed by atoms with E-state index in [0.717, 1.165) is 43.1 Å². The van der Waals surface area contributed by atoms with Crippen LogP contribution in [0.15, 0.2) is 48.9 Å². The van der Waals surface area contributed by atoms with Crippen LogP contribution in [0, 0.1) is 0 Å². The Hall–Kier alpha value is -3.26. The molecule has 1 aliphatic heterocycles. The minimum Gasteiger partial charge on any atom is -0.354 e. The number of pyridine rings is 1. The van der Waals surface area contributed by atoms with Crippen LogP contribution in [0.5, 0.6) is 0 Å². The Morgan fingerprint density at radius 3 is 2.71 bits per heavy atom. The highest BCUT2D eigenvalue weighted by Gasteiger charge is 2.19. The maximum absolute atomic E-state index is 12.9. The van der Waals surface area contributed by atoms with E-state index in [-0.39, 0.29) is 5.91 Å². The van der Waals surface area contributed by atoms with Crippen molar-refractivity contribution in [1.82, 2.24) is 30.4 Å². The van der Waals surface area contributed by atoms with E-state index < -0.39 is 0 Å². The Morgan fingerprint density at radius 1 is 1.11 bits per heavy atom. The highest BCUT2D eigenvalue weighted by molar-refractivity contribution is 6.00. The third kappa shape index (κ3) is 3.86. The number of carbonyl (C=O) groups excluding carboxylic acids is 1. The number of amides is 1. The van der Waals surface area contributed by atoms with Crippen molar-refractivity contribution in [3.05, 3.63) is 60.0 Å². The molecule has 1 aliphatic rings. The zero-order valence-electron chi connectivity index (χ0n) is 15.8. The van der Waals surface area contributed by atoms with Crippen LogP contribution < -0.4 is 10.2 Å². The normalized spacial score (nSPS) is 14.8. The van der Waals surface area contributed by atoms with Crippen LogP contribution in [-0.2, 0) is 6.54 Å². The highest BCUT2D eigenvalue weighted by Crippen LogP contribution is 2.21. The van der Waals surface area contributed by atoms with Gasteiger partial charge in [0.1, 0.15) is 12.1 Å². The SMILES string of the molecule is CN1CCN(c2ncccc2CNC(=O)c2ccccc2-c2ncn[nH]2)CC1. The van der Waals surface area contributed by atoms with Crippen molar-refractivity contribution < 1.29 is 4.79 Å². The Kier molecular flexibility index (Phi) is 5.29. The summed E-state index contributed by atoms with van der Waals surface area (Å²) in [5.41, 5.74) is 2.30. The molecule has 0 bridgehead atoms. The topological polar surface area (TPSA) is 90.0 Å². The number of likely N-dealkylation sites (N-methyl/N-ethyl adjacent to an activating group) is 1. The number of rotatable bonds is 5. The van der Waals surface area contributed by atoms with Gasteiger partial charge >= 0.3 is 0 Å². The average Bonchev–Trinajstić information content (AvgIpc) is 3.28. The van der Waals surface area contributed by atoms with Gasteiger partial charge < -0.3 is 15.1 Å². The summed E-state index contributed by atoms with van der Waals surface area (Å²) in [5, 5.41) is 9.72. The van der Waals surface area contributed by atoms with Crippen LogP contribution in [0.3, 0.4) is 0 Å². The van der Waals surface area contributed by atoms with Crippen molar-refractivity contribution in [2.45, 2.75) is 6.54 Å². The number of nitrogens with one attached hydrogen (secondary N) is 2. The van der Waals surface area contributed by atoms with Crippen LogP contribution in [-0.4, -0.2) is 64.2 Å². The van der Waals surface area contributed by atoms with Crippen molar-refractivity contribution in [2.24, 2.45) is 0 Å². The lowest BCUT2D eigenvalue weighted by atomic mass is 10.1. The number of H-pyrrole nitrogens is 1. The molecule has 1 aromatic carbocycles. The molecule has 0 aliphatic carbocycles. The molecule has 4 rings (SSSR count). The molecule has 28 heavy (non-hydrogen) atoms. The quantitative estimate of drug-likeness (QED) is 0.701. The third-order valence-electron chi connectivity index (χ3n) is 4.95. The van der Waals surface area contributed by atoms with Crippen LogP contribution >= 0.6 is 0 Å². The zero-order chi connectivity index (χ0) is 19.3. The fraction of sp³-hybridized carbons (Fsp3) is 0.300. The van der Waals surface area contributed by atoms with E-state index in [4.69, 9.17) is 0 Å². The van der Waals surface area contributed by atoms with Gasteiger partial charge in [-0.2, -0.15) is 5.10 Å². The smallest absolute Gasteiger partial charge is 0.252 e. The third-order valence-corrected chi connectivity index (χ3v) is 4.95. The molecule has 0 unspecified atom stereocenters. The maximum atomic E-state index is 12.9. The van der Waals surface area contributed by atoms with E-state index in [1.807, 2.05) is 30.3 Å². The molecular formula is C20H23N7O. The van der Waals surface area contributed by atoms with Gasteiger partial charge in [0.25, 0.3) is 5.91 Å². The number of piperazine rings is 1. The molecular weight excluding hydrogens is 354 g/mol. The van der Waals surface area contributed by atoms with Gasteiger partial charge in [0.05, 0.1) is 5.56 Å². The lowest BCUT2D eigenvalue weighted by Gasteiger charge is -2.34. The summed E-state index contributed by atoms with van der Waals surface area (Å²) < 4.78 is 0. The molecule has 3 heterocycles. The van der Waals surface area contributed by atoms with E-state index in [2.05, 4.69) is 42.3 Å². The average molecular weight is 377 g/mol. The Morgan fingerprint density at radius 2 is 1.93 bits per heavy atom. The number of anilines is 1. The summed E-state index contributed by atoms with van der Waals surface area (Å²) in [6.45, 7) is 4.30. The van der Waals surface area contributed by atoms with Crippen molar-refractivity contribution in [3.63, 3.8) is 0 Å². The standard InChI is InChI=1S/C20H23N7O/c1-26-9-11-27(12-10-26)19-15(5-4-8-21-19)13-22-20(28)17-7-3-2-6-16(17)18-23-14-24-25-18/h2-8,14H,9-13H2,1H3,(H,22,28)(H,23,24,25). The lowest BCUT2D eigenvalue weighted by molar-refractivity contribution is 0.0951. The molecule has 3 aromatic rings. The van der Waals surface area contributed by atoms with Gasteiger partial charge in [0.2, 0.25) is 0 Å². The van der Waals surface area contributed by atoms with E-state index in [1.165, 1.54) is 6.33 Å². The summed E-state index contributed by atoms with van der Waals surface area (Å²) in [6.07, 6.45) is 3.24. The van der Waals surface area contributed by atoms with Gasteiger partial charge in [-0.05, 0) is 19.2 Å². The number of aromatic amines is 1. The number of hydrogen-bond donors (Lipinski definition) is 2. The molecule has 0 radical (unpaired) electrons. The van der Waals surface area contributed by atoms with Crippen molar-refractivity contribution >= 4 is 11.7 Å². The summed E-state index contributed by atoms with van der Waals surface area (Å²) in [4.78, 5) is 26.2. The van der Waals surface area contributed by atoms with Gasteiger partial charge in [-0.25, -0.2) is 9.97 Å². The number of benzene rings is 1. The molecule has 144 valence electrons. The molecule has 0 atom stereocenters. The number of hydrogen-bond acceptors (Lipinski definition) is 6. The lowest BCUT2D eigenvalue weighted by Crippen LogP contribution is -2.45. The summed E-state index contributed by atoms with van der Waals surface area (Å²) >= 11 is 0. The van der Waals surface area contributed by atoms with Crippen molar-refractivity contribution in [2.75, 3.05) is 38.1 Å². The summed E-state index contributed by atoms with van der Waals surface area (Å²) in [5.74, 6) is 1.37. The minimum atomic E-state index is -0.153. The molecule has 2 aromatic heterocycles. The molecule has 1 amide bonds. The predicted octanol–water partition coefficient (Wildman–Crippen LogP) is 1.55. The molecule has 2 N–H and O–H groups in total. The molecule has 8 nitrogen and oxygen atoms in total. The van der Waals surface area contributed by atoms with Gasteiger partial charge in [0, 0.05) is 50.0 Å². The van der Waals surface area contributed by atoms with Gasteiger partial charge in [0.15, 0.2) is 5.82 Å². The van der Waals surface area contributed by atoms with E-state index in [9.17, 15) is 4.79 Å². The predicted molar refractivity (Wildman–Crippen MR) is 107 cm³/mol. The largest absolute Gasteiger partial charge is 0.354 e. The van der Waals surface area contributed by atoms with Crippen LogP contribution in [0.4, 0.5) is 5.82 Å². The summed E-state index contributed by atoms with van der Waals surface area (Å²) in [6, 6.07) is 11.3. The first kappa shape index (κ1) is 18.1. The van der Waals surface area contributed by atoms with Gasteiger partial charge in [-0.3, -0.25) is 9.89 Å². The molecule has 0 spiro atoms. The van der Waals surface area contributed by atoms with Crippen LogP contribution in [0.1, 0.15) is 15.9 Å². The second-order valence-corrected chi connectivity index (χ2v) is 6.84. The second-order valence-electron chi connectivity index (χ2n) is 6.84. The zero-order valence-corrected chi connectivity index (χ0v) is 15.8.